The zero-order chi connectivity index (χ0) is 14.7. The maximum Gasteiger partial charge on any atom is 0.195 e. The molecule has 0 radical (unpaired) electrons. The van der Waals surface area contributed by atoms with E-state index in [4.69, 9.17) is 15.0 Å². The molecular formula is C16H8N4O. The predicted molar refractivity (Wildman–Crippen MR) is 74.6 cm³/mol. The molecule has 3 aromatic rings. The lowest BCUT2D eigenvalue weighted by Gasteiger charge is -2.00. The van der Waals surface area contributed by atoms with E-state index in [1.165, 1.54) is 0 Å². The topological polar surface area (TPSA) is 86.5 Å². The number of nitriles is 2. The summed E-state index contributed by atoms with van der Waals surface area (Å²) in [7, 11) is 0. The first-order chi connectivity index (χ1) is 10.3. The van der Waals surface area contributed by atoms with Crippen LogP contribution in [0, 0.1) is 22.7 Å². The van der Waals surface area contributed by atoms with E-state index in [1.807, 2.05) is 0 Å². The SMILES string of the molecule is N#Cc1ccc(-c2nnoc2-c2ccc(C#N)cc2)cc1. The first-order valence-corrected chi connectivity index (χ1v) is 6.15. The van der Waals surface area contributed by atoms with Gasteiger partial charge < -0.3 is 4.52 Å². The molecule has 1 aromatic heterocycles. The van der Waals surface area contributed by atoms with E-state index >= 15 is 0 Å². The number of hydrogen-bond acceptors (Lipinski definition) is 5. The number of rotatable bonds is 2. The van der Waals surface area contributed by atoms with Crippen LogP contribution in [0.15, 0.2) is 53.1 Å². The smallest absolute Gasteiger partial charge is 0.195 e. The highest BCUT2D eigenvalue weighted by Crippen LogP contribution is 2.30. The summed E-state index contributed by atoms with van der Waals surface area (Å²) in [6.45, 7) is 0. The third kappa shape index (κ3) is 2.36. The van der Waals surface area contributed by atoms with Gasteiger partial charge >= 0.3 is 0 Å². The Balaban J connectivity index is 2.03. The highest BCUT2D eigenvalue weighted by atomic mass is 16.5. The summed E-state index contributed by atoms with van der Waals surface area (Å²) in [5, 5.41) is 25.2. The maximum atomic E-state index is 8.82. The fourth-order valence-corrected chi connectivity index (χ4v) is 1.97. The van der Waals surface area contributed by atoms with Crippen molar-refractivity contribution in [1.82, 2.24) is 10.4 Å². The summed E-state index contributed by atoms with van der Waals surface area (Å²) >= 11 is 0. The monoisotopic (exact) mass is 272 g/mol. The predicted octanol–water partition coefficient (Wildman–Crippen LogP) is 3.15. The van der Waals surface area contributed by atoms with Gasteiger partial charge in [0.15, 0.2) is 5.76 Å². The number of benzene rings is 2. The van der Waals surface area contributed by atoms with Crippen LogP contribution in [0.5, 0.6) is 0 Å². The zero-order valence-electron chi connectivity index (χ0n) is 10.8. The summed E-state index contributed by atoms with van der Waals surface area (Å²) in [5.41, 5.74) is 3.36. The van der Waals surface area contributed by atoms with Crippen molar-refractivity contribution in [1.29, 1.82) is 10.5 Å². The summed E-state index contributed by atoms with van der Waals surface area (Å²) < 4.78 is 5.23. The van der Waals surface area contributed by atoms with Crippen LogP contribution in [0.2, 0.25) is 0 Å². The van der Waals surface area contributed by atoms with Crippen molar-refractivity contribution >= 4 is 0 Å². The van der Waals surface area contributed by atoms with Gasteiger partial charge in [0, 0.05) is 16.4 Å². The lowest BCUT2D eigenvalue weighted by Crippen LogP contribution is -1.84. The molecule has 0 saturated carbocycles. The number of hydrogen-bond donors (Lipinski definition) is 0. The molecule has 2 aromatic carbocycles. The molecule has 5 heteroatoms. The second-order valence-corrected chi connectivity index (χ2v) is 4.33. The van der Waals surface area contributed by atoms with Crippen molar-refractivity contribution < 1.29 is 4.52 Å². The highest BCUT2D eigenvalue weighted by Gasteiger charge is 2.14. The molecule has 5 nitrogen and oxygen atoms in total. The largest absolute Gasteiger partial charge is 0.336 e. The molecule has 0 bridgehead atoms. The molecule has 0 atom stereocenters. The van der Waals surface area contributed by atoms with Gasteiger partial charge in [0.1, 0.15) is 5.69 Å². The van der Waals surface area contributed by atoms with Crippen molar-refractivity contribution in [2.24, 2.45) is 0 Å². The summed E-state index contributed by atoms with van der Waals surface area (Å²) in [6.07, 6.45) is 0. The molecule has 98 valence electrons. The molecule has 3 rings (SSSR count). The minimum atomic E-state index is 0.532. The van der Waals surface area contributed by atoms with Gasteiger partial charge in [0.2, 0.25) is 0 Å². The first kappa shape index (κ1) is 12.6. The minimum Gasteiger partial charge on any atom is -0.336 e. The number of nitrogens with zero attached hydrogens (tertiary/aromatic N) is 4. The third-order valence-corrected chi connectivity index (χ3v) is 3.05. The Morgan fingerprint density at radius 1 is 0.762 bits per heavy atom. The van der Waals surface area contributed by atoms with Gasteiger partial charge in [0.05, 0.1) is 23.3 Å². The Kier molecular flexibility index (Phi) is 3.16. The van der Waals surface area contributed by atoms with Crippen LogP contribution >= 0.6 is 0 Å². The summed E-state index contributed by atoms with van der Waals surface area (Å²) in [5.74, 6) is 0.532. The summed E-state index contributed by atoms with van der Waals surface area (Å²) in [6, 6.07) is 18.1. The fourth-order valence-electron chi connectivity index (χ4n) is 1.97. The van der Waals surface area contributed by atoms with Gasteiger partial charge in [0.25, 0.3) is 0 Å². The van der Waals surface area contributed by atoms with E-state index < -0.39 is 0 Å². The lowest BCUT2D eigenvalue weighted by molar-refractivity contribution is 0.403. The standard InChI is InChI=1S/C16H8N4O/c17-9-11-1-5-13(6-2-11)15-16(21-20-19-15)14-7-3-12(10-18)4-8-14/h1-8H. The van der Waals surface area contributed by atoms with Crippen LogP contribution in [-0.2, 0) is 0 Å². The Hall–Kier alpha value is -3.44. The quantitative estimate of drug-likeness (QED) is 0.715. The van der Waals surface area contributed by atoms with Crippen LogP contribution in [0.3, 0.4) is 0 Å². The van der Waals surface area contributed by atoms with E-state index in [2.05, 4.69) is 22.5 Å². The molecule has 0 amide bonds. The first-order valence-electron chi connectivity index (χ1n) is 6.15. The number of aromatic nitrogens is 2. The molecule has 1 heterocycles. The molecular weight excluding hydrogens is 264 g/mol. The van der Waals surface area contributed by atoms with Crippen molar-refractivity contribution in [3.63, 3.8) is 0 Å². The Morgan fingerprint density at radius 3 is 1.81 bits per heavy atom. The molecule has 0 unspecified atom stereocenters. The van der Waals surface area contributed by atoms with Gasteiger partial charge in [-0.25, -0.2) is 0 Å². The van der Waals surface area contributed by atoms with E-state index in [0.717, 1.165) is 11.1 Å². The molecule has 0 N–H and O–H groups in total. The molecule has 0 aliphatic heterocycles. The molecule has 21 heavy (non-hydrogen) atoms. The van der Waals surface area contributed by atoms with E-state index in [0.29, 0.717) is 22.6 Å². The molecule has 0 spiro atoms. The van der Waals surface area contributed by atoms with Crippen LogP contribution in [-0.4, -0.2) is 10.4 Å². The van der Waals surface area contributed by atoms with Gasteiger partial charge in [-0.1, -0.05) is 12.1 Å². The van der Waals surface area contributed by atoms with Gasteiger partial charge in [-0.2, -0.15) is 10.5 Å². The van der Waals surface area contributed by atoms with Gasteiger partial charge in [-0.05, 0) is 36.4 Å². The third-order valence-electron chi connectivity index (χ3n) is 3.05. The lowest BCUT2D eigenvalue weighted by atomic mass is 10.0. The van der Waals surface area contributed by atoms with Crippen molar-refractivity contribution in [3.8, 4) is 34.7 Å². The van der Waals surface area contributed by atoms with Gasteiger partial charge in [-0.15, -0.1) is 5.10 Å². The highest BCUT2D eigenvalue weighted by molar-refractivity contribution is 5.76. The van der Waals surface area contributed by atoms with E-state index in [9.17, 15) is 0 Å². The van der Waals surface area contributed by atoms with Crippen molar-refractivity contribution in [3.05, 3.63) is 59.7 Å². The van der Waals surface area contributed by atoms with Crippen LogP contribution in [0.4, 0.5) is 0 Å². The fraction of sp³-hybridized carbons (Fsp3) is 0. The molecule has 0 saturated heterocycles. The average molecular weight is 272 g/mol. The van der Waals surface area contributed by atoms with Crippen molar-refractivity contribution in [2.45, 2.75) is 0 Å². The molecule has 0 aliphatic carbocycles. The Morgan fingerprint density at radius 2 is 1.29 bits per heavy atom. The summed E-state index contributed by atoms with van der Waals surface area (Å²) in [4.78, 5) is 0. The normalized spacial score (nSPS) is 9.81. The second kappa shape index (κ2) is 5.28. The molecule has 0 fully saturated rings. The Labute approximate surface area is 120 Å². The molecule has 0 aliphatic rings. The van der Waals surface area contributed by atoms with Gasteiger partial charge in [-0.3, -0.25) is 0 Å². The van der Waals surface area contributed by atoms with E-state index in [-0.39, 0.29) is 0 Å². The second-order valence-electron chi connectivity index (χ2n) is 4.33. The van der Waals surface area contributed by atoms with Crippen molar-refractivity contribution in [2.75, 3.05) is 0 Å². The van der Waals surface area contributed by atoms with Crippen LogP contribution in [0.25, 0.3) is 22.6 Å². The van der Waals surface area contributed by atoms with E-state index in [1.54, 1.807) is 48.5 Å². The van der Waals surface area contributed by atoms with Crippen LogP contribution in [0.1, 0.15) is 11.1 Å². The minimum absolute atomic E-state index is 0.532. The van der Waals surface area contributed by atoms with Crippen LogP contribution < -0.4 is 0 Å². The zero-order valence-corrected chi connectivity index (χ0v) is 10.8. The maximum absolute atomic E-state index is 8.82. The Bertz CT molecular complexity index is 777. The average Bonchev–Trinajstić information content (AvgIpc) is 3.04.